The Hall–Kier alpha value is -0.570. The maximum atomic E-state index is 12.6. The average Bonchev–Trinajstić information content (AvgIpc) is 2.69. The Balaban J connectivity index is 2.02. The van der Waals surface area contributed by atoms with E-state index in [1.807, 2.05) is 0 Å². The van der Waals surface area contributed by atoms with E-state index in [2.05, 4.69) is 31.0 Å². The van der Waals surface area contributed by atoms with Crippen LogP contribution in [0.1, 0.15) is 46.5 Å². The zero-order valence-corrected chi connectivity index (χ0v) is 11.4. The SMILES string of the molecule is CCC1CCC(C)N1C(=O)C1CNCC(C)C1. The van der Waals surface area contributed by atoms with Crippen molar-refractivity contribution in [3.05, 3.63) is 0 Å². The Morgan fingerprint density at radius 3 is 2.71 bits per heavy atom. The van der Waals surface area contributed by atoms with Gasteiger partial charge in [-0.15, -0.1) is 0 Å². The van der Waals surface area contributed by atoms with Gasteiger partial charge in [0, 0.05) is 18.6 Å². The highest BCUT2D eigenvalue weighted by atomic mass is 16.2. The summed E-state index contributed by atoms with van der Waals surface area (Å²) in [5.41, 5.74) is 0. The Morgan fingerprint density at radius 1 is 1.29 bits per heavy atom. The number of hydrogen-bond donors (Lipinski definition) is 1. The van der Waals surface area contributed by atoms with Gasteiger partial charge in [0.25, 0.3) is 0 Å². The first-order chi connectivity index (χ1) is 8.13. The van der Waals surface area contributed by atoms with E-state index in [-0.39, 0.29) is 5.92 Å². The van der Waals surface area contributed by atoms with Gasteiger partial charge in [0.05, 0.1) is 5.92 Å². The molecule has 4 unspecified atom stereocenters. The molecule has 2 aliphatic heterocycles. The van der Waals surface area contributed by atoms with Gasteiger partial charge < -0.3 is 10.2 Å². The molecule has 0 aliphatic carbocycles. The molecule has 3 heteroatoms. The molecular weight excluding hydrogens is 212 g/mol. The molecule has 0 bridgehead atoms. The summed E-state index contributed by atoms with van der Waals surface area (Å²) in [6.07, 6.45) is 4.54. The molecule has 0 aromatic rings. The fourth-order valence-electron chi connectivity index (χ4n) is 3.42. The van der Waals surface area contributed by atoms with Gasteiger partial charge in [-0.1, -0.05) is 13.8 Å². The van der Waals surface area contributed by atoms with Crippen LogP contribution in [0.15, 0.2) is 0 Å². The number of carbonyl (C=O) groups is 1. The van der Waals surface area contributed by atoms with E-state index < -0.39 is 0 Å². The zero-order valence-electron chi connectivity index (χ0n) is 11.4. The highest BCUT2D eigenvalue weighted by Crippen LogP contribution is 2.29. The summed E-state index contributed by atoms with van der Waals surface area (Å²) in [7, 11) is 0. The molecule has 0 aromatic heterocycles. The van der Waals surface area contributed by atoms with Crippen LogP contribution < -0.4 is 5.32 Å². The minimum Gasteiger partial charge on any atom is -0.337 e. The molecule has 2 heterocycles. The van der Waals surface area contributed by atoms with Crippen LogP contribution >= 0.6 is 0 Å². The van der Waals surface area contributed by atoms with Crippen molar-refractivity contribution in [3.8, 4) is 0 Å². The van der Waals surface area contributed by atoms with Crippen LogP contribution in [0.25, 0.3) is 0 Å². The number of hydrogen-bond acceptors (Lipinski definition) is 2. The van der Waals surface area contributed by atoms with Crippen LogP contribution in [0.4, 0.5) is 0 Å². The summed E-state index contributed by atoms with van der Waals surface area (Å²) in [6, 6.07) is 0.944. The van der Waals surface area contributed by atoms with Crippen LogP contribution in [-0.2, 0) is 4.79 Å². The minimum atomic E-state index is 0.216. The standard InChI is InChI=1S/C14H26N2O/c1-4-13-6-5-11(3)16(13)14(17)12-7-10(2)8-15-9-12/h10-13,15H,4-9H2,1-3H3. The molecule has 17 heavy (non-hydrogen) atoms. The molecular formula is C14H26N2O. The summed E-state index contributed by atoms with van der Waals surface area (Å²) >= 11 is 0. The number of amides is 1. The molecule has 1 N–H and O–H groups in total. The lowest BCUT2D eigenvalue weighted by Crippen LogP contribution is -2.48. The van der Waals surface area contributed by atoms with Crippen LogP contribution in [0.2, 0.25) is 0 Å². The molecule has 0 radical (unpaired) electrons. The normalized spacial score (nSPS) is 38.4. The number of nitrogens with zero attached hydrogens (tertiary/aromatic N) is 1. The van der Waals surface area contributed by atoms with Crippen molar-refractivity contribution in [2.24, 2.45) is 11.8 Å². The van der Waals surface area contributed by atoms with Gasteiger partial charge in [-0.3, -0.25) is 4.79 Å². The quantitative estimate of drug-likeness (QED) is 0.798. The monoisotopic (exact) mass is 238 g/mol. The summed E-state index contributed by atoms with van der Waals surface area (Å²) in [4.78, 5) is 14.8. The molecule has 0 aromatic carbocycles. The zero-order chi connectivity index (χ0) is 12.4. The van der Waals surface area contributed by atoms with E-state index in [9.17, 15) is 4.79 Å². The Labute approximate surface area is 105 Å². The van der Waals surface area contributed by atoms with Crippen molar-refractivity contribution < 1.29 is 4.79 Å². The molecule has 1 amide bonds. The average molecular weight is 238 g/mol. The second kappa shape index (κ2) is 5.38. The van der Waals surface area contributed by atoms with Gasteiger partial charge in [-0.25, -0.2) is 0 Å². The van der Waals surface area contributed by atoms with Gasteiger partial charge >= 0.3 is 0 Å². The van der Waals surface area contributed by atoms with Crippen molar-refractivity contribution in [1.29, 1.82) is 0 Å². The second-order valence-electron chi connectivity index (χ2n) is 5.93. The molecule has 0 saturated carbocycles. The summed E-state index contributed by atoms with van der Waals surface area (Å²) in [6.45, 7) is 8.58. The Morgan fingerprint density at radius 2 is 2.06 bits per heavy atom. The second-order valence-corrected chi connectivity index (χ2v) is 5.93. The highest BCUT2D eigenvalue weighted by molar-refractivity contribution is 5.80. The lowest BCUT2D eigenvalue weighted by Gasteiger charge is -2.35. The molecule has 2 rings (SSSR count). The number of likely N-dealkylation sites (tertiary alicyclic amines) is 1. The van der Waals surface area contributed by atoms with Gasteiger partial charge in [-0.2, -0.15) is 0 Å². The highest BCUT2D eigenvalue weighted by Gasteiger charge is 2.37. The van der Waals surface area contributed by atoms with Crippen molar-refractivity contribution in [1.82, 2.24) is 10.2 Å². The molecule has 3 nitrogen and oxygen atoms in total. The van der Waals surface area contributed by atoms with E-state index >= 15 is 0 Å². The fraction of sp³-hybridized carbons (Fsp3) is 0.929. The van der Waals surface area contributed by atoms with Gasteiger partial charge in [0.2, 0.25) is 5.91 Å². The molecule has 0 spiro atoms. The first kappa shape index (κ1) is 12.9. The molecule has 4 atom stereocenters. The first-order valence-corrected chi connectivity index (χ1v) is 7.16. The van der Waals surface area contributed by atoms with Gasteiger partial charge in [0.1, 0.15) is 0 Å². The molecule has 2 aliphatic rings. The van der Waals surface area contributed by atoms with Crippen molar-refractivity contribution in [2.75, 3.05) is 13.1 Å². The van der Waals surface area contributed by atoms with E-state index in [4.69, 9.17) is 0 Å². The molecule has 2 fully saturated rings. The van der Waals surface area contributed by atoms with Crippen molar-refractivity contribution in [3.63, 3.8) is 0 Å². The third-order valence-corrected chi connectivity index (χ3v) is 4.43. The topological polar surface area (TPSA) is 32.3 Å². The van der Waals surface area contributed by atoms with Crippen LogP contribution in [0.3, 0.4) is 0 Å². The first-order valence-electron chi connectivity index (χ1n) is 7.16. The molecule has 98 valence electrons. The van der Waals surface area contributed by atoms with Gasteiger partial charge in [-0.05, 0) is 45.1 Å². The van der Waals surface area contributed by atoms with Crippen LogP contribution in [-0.4, -0.2) is 36.0 Å². The number of rotatable bonds is 2. The predicted molar refractivity (Wildman–Crippen MR) is 69.8 cm³/mol. The van der Waals surface area contributed by atoms with E-state index in [0.717, 1.165) is 25.9 Å². The fourth-order valence-corrected chi connectivity index (χ4v) is 3.42. The predicted octanol–water partition coefficient (Wildman–Crippen LogP) is 2.02. The smallest absolute Gasteiger partial charge is 0.227 e. The van der Waals surface area contributed by atoms with Crippen LogP contribution in [0.5, 0.6) is 0 Å². The third-order valence-electron chi connectivity index (χ3n) is 4.43. The maximum absolute atomic E-state index is 12.6. The number of nitrogens with one attached hydrogen (secondary N) is 1. The van der Waals surface area contributed by atoms with Gasteiger partial charge in [0.15, 0.2) is 0 Å². The Kier molecular flexibility index (Phi) is 4.08. The summed E-state index contributed by atoms with van der Waals surface area (Å²) in [5, 5.41) is 3.39. The summed E-state index contributed by atoms with van der Waals surface area (Å²) in [5.74, 6) is 1.25. The minimum absolute atomic E-state index is 0.216. The number of piperidine rings is 1. The lowest BCUT2D eigenvalue weighted by molar-refractivity contribution is -0.139. The van der Waals surface area contributed by atoms with Crippen molar-refractivity contribution in [2.45, 2.75) is 58.5 Å². The number of carbonyl (C=O) groups excluding carboxylic acids is 1. The van der Waals surface area contributed by atoms with E-state index in [0.29, 0.717) is 23.9 Å². The third kappa shape index (κ3) is 2.65. The largest absolute Gasteiger partial charge is 0.337 e. The maximum Gasteiger partial charge on any atom is 0.227 e. The van der Waals surface area contributed by atoms with Crippen molar-refractivity contribution >= 4 is 5.91 Å². The summed E-state index contributed by atoms with van der Waals surface area (Å²) < 4.78 is 0. The molecule has 2 saturated heterocycles. The van der Waals surface area contributed by atoms with E-state index in [1.165, 1.54) is 12.8 Å². The van der Waals surface area contributed by atoms with E-state index in [1.54, 1.807) is 0 Å². The Bertz CT molecular complexity index is 279. The van der Waals surface area contributed by atoms with Crippen LogP contribution in [0, 0.1) is 11.8 Å². The lowest BCUT2D eigenvalue weighted by atomic mass is 9.90.